The van der Waals surface area contributed by atoms with Crippen molar-refractivity contribution in [1.82, 2.24) is 20.1 Å². The van der Waals surface area contributed by atoms with Gasteiger partial charge in [0.25, 0.3) is 0 Å². The topological polar surface area (TPSA) is 48.5 Å². The summed E-state index contributed by atoms with van der Waals surface area (Å²) in [5.41, 5.74) is 2.28. The van der Waals surface area contributed by atoms with E-state index in [-0.39, 0.29) is 5.91 Å². The minimum absolute atomic E-state index is 0.103. The van der Waals surface area contributed by atoms with E-state index in [0.717, 1.165) is 50.4 Å². The number of amides is 1. The molecular formula is C20H26N4O. The van der Waals surface area contributed by atoms with E-state index >= 15 is 0 Å². The van der Waals surface area contributed by atoms with Crippen LogP contribution in [0.4, 0.5) is 0 Å². The average molecular weight is 338 g/mol. The van der Waals surface area contributed by atoms with Gasteiger partial charge in [0.1, 0.15) is 0 Å². The molecule has 1 N–H and O–H groups in total. The molecule has 5 nitrogen and oxygen atoms in total. The predicted molar refractivity (Wildman–Crippen MR) is 99.1 cm³/mol. The number of carbonyl (C=O) groups excluding carboxylic acids is 1. The molecule has 2 aromatic rings. The number of piperazine rings is 1. The van der Waals surface area contributed by atoms with E-state index in [9.17, 15) is 4.79 Å². The molecular weight excluding hydrogens is 312 g/mol. The fourth-order valence-electron chi connectivity index (χ4n) is 3.05. The molecule has 1 fully saturated rings. The summed E-state index contributed by atoms with van der Waals surface area (Å²) in [7, 11) is 0. The molecule has 0 bridgehead atoms. The molecule has 0 saturated carbocycles. The van der Waals surface area contributed by atoms with E-state index in [4.69, 9.17) is 0 Å². The van der Waals surface area contributed by atoms with Crippen molar-refractivity contribution in [1.29, 1.82) is 0 Å². The molecule has 1 saturated heterocycles. The fraction of sp³-hybridized carbons (Fsp3) is 0.400. The van der Waals surface area contributed by atoms with Crippen LogP contribution in [0.5, 0.6) is 0 Å². The van der Waals surface area contributed by atoms with Crippen LogP contribution in [0.1, 0.15) is 11.3 Å². The minimum atomic E-state index is 0.103. The molecule has 0 unspecified atom stereocenters. The Kier molecular flexibility index (Phi) is 6.54. The van der Waals surface area contributed by atoms with Crippen molar-refractivity contribution >= 4 is 5.91 Å². The first kappa shape index (κ1) is 17.6. The summed E-state index contributed by atoms with van der Waals surface area (Å²) in [6, 6.07) is 16.1. The van der Waals surface area contributed by atoms with Crippen molar-refractivity contribution in [3.63, 3.8) is 0 Å². The van der Waals surface area contributed by atoms with Crippen molar-refractivity contribution < 1.29 is 4.79 Å². The Morgan fingerprint density at radius 3 is 2.40 bits per heavy atom. The highest BCUT2D eigenvalue weighted by Crippen LogP contribution is 2.04. The second kappa shape index (κ2) is 9.30. The number of nitrogens with zero attached hydrogens (tertiary/aromatic N) is 3. The summed E-state index contributed by atoms with van der Waals surface area (Å²) in [5, 5.41) is 3.00. The van der Waals surface area contributed by atoms with Gasteiger partial charge in [0, 0.05) is 57.6 Å². The summed E-state index contributed by atoms with van der Waals surface area (Å²) >= 11 is 0. The van der Waals surface area contributed by atoms with Gasteiger partial charge >= 0.3 is 0 Å². The lowest BCUT2D eigenvalue weighted by atomic mass is 10.2. The van der Waals surface area contributed by atoms with E-state index in [1.807, 2.05) is 48.7 Å². The molecule has 0 atom stereocenters. The first-order chi connectivity index (χ1) is 12.3. The van der Waals surface area contributed by atoms with Gasteiger partial charge in [-0.15, -0.1) is 0 Å². The van der Waals surface area contributed by atoms with E-state index in [1.54, 1.807) is 0 Å². The molecule has 0 aliphatic carbocycles. The molecule has 3 rings (SSSR count). The van der Waals surface area contributed by atoms with Crippen molar-refractivity contribution in [3.8, 4) is 0 Å². The number of hydrogen-bond acceptors (Lipinski definition) is 4. The zero-order valence-corrected chi connectivity index (χ0v) is 14.6. The van der Waals surface area contributed by atoms with Crippen LogP contribution in [0, 0.1) is 0 Å². The van der Waals surface area contributed by atoms with Crippen LogP contribution in [0.15, 0.2) is 54.7 Å². The summed E-state index contributed by atoms with van der Waals surface area (Å²) in [5.74, 6) is 0.103. The highest BCUT2D eigenvalue weighted by molar-refractivity contribution is 5.78. The van der Waals surface area contributed by atoms with E-state index in [2.05, 4.69) is 26.2 Å². The Labute approximate surface area is 149 Å². The van der Waals surface area contributed by atoms with Crippen molar-refractivity contribution in [2.75, 3.05) is 39.3 Å². The van der Waals surface area contributed by atoms with Crippen LogP contribution in [-0.4, -0.2) is 60.0 Å². The van der Waals surface area contributed by atoms with Gasteiger partial charge in [0.2, 0.25) is 5.91 Å². The third kappa shape index (κ3) is 5.96. The van der Waals surface area contributed by atoms with Gasteiger partial charge in [-0.2, -0.15) is 0 Å². The van der Waals surface area contributed by atoms with Crippen LogP contribution in [-0.2, 0) is 17.8 Å². The Balaban J connectivity index is 1.32. The highest BCUT2D eigenvalue weighted by Gasteiger charge is 2.18. The minimum Gasteiger partial charge on any atom is -0.351 e. The lowest BCUT2D eigenvalue weighted by Crippen LogP contribution is -2.49. The maximum Gasteiger partial charge on any atom is 0.234 e. The molecule has 1 aromatic heterocycles. The molecule has 1 aliphatic rings. The highest BCUT2D eigenvalue weighted by atomic mass is 16.2. The van der Waals surface area contributed by atoms with Crippen LogP contribution in [0.25, 0.3) is 0 Å². The molecule has 1 aromatic carbocycles. The lowest BCUT2D eigenvalue weighted by Gasteiger charge is -2.34. The van der Waals surface area contributed by atoms with E-state index in [0.29, 0.717) is 13.1 Å². The molecule has 132 valence electrons. The summed E-state index contributed by atoms with van der Waals surface area (Å²) in [6.45, 7) is 6.04. The quantitative estimate of drug-likeness (QED) is 0.832. The summed E-state index contributed by atoms with van der Waals surface area (Å²) in [4.78, 5) is 21.2. The van der Waals surface area contributed by atoms with E-state index in [1.165, 1.54) is 0 Å². The van der Waals surface area contributed by atoms with Gasteiger partial charge in [0.15, 0.2) is 0 Å². The van der Waals surface area contributed by atoms with Gasteiger partial charge < -0.3 is 10.2 Å². The zero-order valence-electron chi connectivity index (χ0n) is 14.6. The van der Waals surface area contributed by atoms with Gasteiger partial charge in [0.05, 0.1) is 6.54 Å². The fourth-order valence-corrected chi connectivity index (χ4v) is 3.05. The van der Waals surface area contributed by atoms with E-state index < -0.39 is 0 Å². The van der Waals surface area contributed by atoms with Crippen molar-refractivity contribution in [3.05, 3.63) is 66.0 Å². The Hall–Kier alpha value is -2.24. The normalized spacial score (nSPS) is 15.8. The molecule has 25 heavy (non-hydrogen) atoms. The summed E-state index contributed by atoms with van der Waals surface area (Å²) in [6.07, 6.45) is 2.83. The van der Waals surface area contributed by atoms with Gasteiger partial charge in [-0.25, -0.2) is 0 Å². The smallest absolute Gasteiger partial charge is 0.234 e. The zero-order chi connectivity index (χ0) is 17.3. The van der Waals surface area contributed by atoms with Gasteiger partial charge in [-0.3, -0.25) is 14.7 Å². The summed E-state index contributed by atoms with van der Waals surface area (Å²) < 4.78 is 0. The van der Waals surface area contributed by atoms with Crippen LogP contribution in [0.2, 0.25) is 0 Å². The monoisotopic (exact) mass is 338 g/mol. The lowest BCUT2D eigenvalue weighted by molar-refractivity contribution is -0.122. The molecule has 0 spiro atoms. The maximum absolute atomic E-state index is 12.1. The van der Waals surface area contributed by atoms with Crippen LogP contribution in [0.3, 0.4) is 0 Å². The maximum atomic E-state index is 12.1. The Morgan fingerprint density at radius 1 is 0.960 bits per heavy atom. The second-order valence-electron chi connectivity index (χ2n) is 6.45. The standard InChI is InChI=1S/C20H26N4O/c25-20(22-16-18-6-2-1-3-7-18)17-24-14-12-23(13-15-24)11-9-19-8-4-5-10-21-19/h1-8,10H,9,11-17H2,(H,22,25). The third-order valence-electron chi connectivity index (χ3n) is 4.57. The molecule has 2 heterocycles. The second-order valence-corrected chi connectivity index (χ2v) is 6.45. The molecule has 0 radical (unpaired) electrons. The Bertz CT molecular complexity index is 639. The van der Waals surface area contributed by atoms with Crippen molar-refractivity contribution in [2.24, 2.45) is 0 Å². The Morgan fingerprint density at radius 2 is 1.68 bits per heavy atom. The number of pyridine rings is 1. The number of nitrogens with one attached hydrogen (secondary N) is 1. The predicted octanol–water partition coefficient (Wildman–Crippen LogP) is 1.56. The first-order valence-corrected chi connectivity index (χ1v) is 8.95. The largest absolute Gasteiger partial charge is 0.351 e. The van der Waals surface area contributed by atoms with Crippen molar-refractivity contribution in [2.45, 2.75) is 13.0 Å². The molecule has 5 heteroatoms. The SMILES string of the molecule is O=C(CN1CCN(CCc2ccccn2)CC1)NCc1ccccc1. The number of carbonyl (C=O) groups is 1. The number of aromatic nitrogens is 1. The van der Waals surface area contributed by atoms with Gasteiger partial charge in [-0.1, -0.05) is 36.4 Å². The molecule has 1 aliphatic heterocycles. The van der Waals surface area contributed by atoms with Crippen LogP contribution < -0.4 is 5.32 Å². The number of rotatable bonds is 7. The number of hydrogen-bond donors (Lipinski definition) is 1. The van der Waals surface area contributed by atoms with Crippen LogP contribution >= 0.6 is 0 Å². The molecule has 1 amide bonds. The van der Waals surface area contributed by atoms with Gasteiger partial charge in [-0.05, 0) is 17.7 Å². The number of benzene rings is 1. The third-order valence-corrected chi connectivity index (χ3v) is 4.57. The first-order valence-electron chi connectivity index (χ1n) is 8.95. The average Bonchev–Trinajstić information content (AvgIpc) is 2.67.